The number of halogens is 1. The summed E-state index contributed by atoms with van der Waals surface area (Å²) in [5.41, 5.74) is 2.21. The molecule has 0 fully saturated rings. The van der Waals surface area contributed by atoms with Gasteiger partial charge in [0.15, 0.2) is 5.82 Å². The van der Waals surface area contributed by atoms with Crippen LogP contribution in [0.4, 0.5) is 15.0 Å². The molecule has 4 heterocycles. The first kappa shape index (κ1) is 18.4. The Hall–Kier alpha value is -4.01. The summed E-state index contributed by atoms with van der Waals surface area (Å²) in [7, 11) is 0. The van der Waals surface area contributed by atoms with E-state index in [1.807, 2.05) is 6.07 Å². The van der Waals surface area contributed by atoms with Gasteiger partial charge in [-0.2, -0.15) is 0 Å². The van der Waals surface area contributed by atoms with Gasteiger partial charge in [-0.15, -0.1) is 5.10 Å². The smallest absolute Gasteiger partial charge is 0.320 e. The number of fused-ring (bicyclic) bond motifs is 1. The first-order valence-corrected chi connectivity index (χ1v) is 8.85. The summed E-state index contributed by atoms with van der Waals surface area (Å²) < 4.78 is 20.5. The van der Waals surface area contributed by atoms with Crippen molar-refractivity contribution in [3.63, 3.8) is 0 Å². The lowest BCUT2D eigenvalue weighted by atomic mass is 10.1. The Morgan fingerprint density at radius 3 is 2.86 bits per heavy atom. The number of anilines is 1. The number of hydrogen-bond acceptors (Lipinski definition) is 5. The van der Waals surface area contributed by atoms with Crippen LogP contribution in [0.2, 0.25) is 0 Å². The van der Waals surface area contributed by atoms with Crippen LogP contribution in [-0.2, 0) is 0 Å². The number of nitrogens with zero attached hydrogens (tertiary/aromatic N) is 4. The molecule has 0 aliphatic carbocycles. The van der Waals surface area contributed by atoms with Crippen molar-refractivity contribution >= 4 is 17.4 Å². The summed E-state index contributed by atoms with van der Waals surface area (Å²) in [6.07, 6.45) is 7.74. The van der Waals surface area contributed by atoms with Gasteiger partial charge in [-0.3, -0.25) is 15.3 Å². The van der Waals surface area contributed by atoms with E-state index in [1.54, 1.807) is 53.6 Å². The van der Waals surface area contributed by atoms with Crippen molar-refractivity contribution in [3.05, 3.63) is 73.2 Å². The maximum absolute atomic E-state index is 13.4. The Kier molecular flexibility index (Phi) is 5.28. The monoisotopic (exact) mass is 392 g/mol. The van der Waals surface area contributed by atoms with Gasteiger partial charge in [-0.05, 0) is 35.9 Å². The molecule has 0 saturated heterocycles. The summed E-state index contributed by atoms with van der Waals surface area (Å²) in [5.74, 6) is 0.631. The first-order chi connectivity index (χ1) is 14.2. The van der Waals surface area contributed by atoms with Crippen LogP contribution < -0.4 is 15.4 Å². The van der Waals surface area contributed by atoms with Crippen LogP contribution in [0.5, 0.6) is 5.75 Å². The fourth-order valence-electron chi connectivity index (χ4n) is 2.73. The number of rotatable bonds is 6. The molecule has 0 radical (unpaired) electrons. The van der Waals surface area contributed by atoms with Gasteiger partial charge >= 0.3 is 6.03 Å². The summed E-state index contributed by atoms with van der Waals surface area (Å²) >= 11 is 0. The number of aromatic nitrogens is 4. The van der Waals surface area contributed by atoms with Gasteiger partial charge in [0.25, 0.3) is 0 Å². The van der Waals surface area contributed by atoms with E-state index in [1.165, 1.54) is 6.07 Å². The lowest BCUT2D eigenvalue weighted by Crippen LogP contribution is -2.32. The number of amides is 2. The molecule has 4 aromatic heterocycles. The van der Waals surface area contributed by atoms with Crippen LogP contribution in [0.1, 0.15) is 0 Å². The molecule has 4 rings (SSSR count). The molecule has 0 aliphatic heterocycles. The SMILES string of the molecule is O=C(NCCOc1cccnc1)Nc1cc2cc(-c3cncc(F)c3)ccn2n1. The van der Waals surface area contributed by atoms with E-state index in [-0.39, 0.29) is 0 Å². The predicted octanol–water partition coefficient (Wildman–Crippen LogP) is 3.13. The molecule has 9 heteroatoms. The van der Waals surface area contributed by atoms with Crippen molar-refractivity contribution in [2.24, 2.45) is 0 Å². The largest absolute Gasteiger partial charge is 0.490 e. The zero-order chi connectivity index (χ0) is 20.1. The van der Waals surface area contributed by atoms with Gasteiger partial charge in [0.1, 0.15) is 18.2 Å². The third-order valence-electron chi connectivity index (χ3n) is 4.03. The van der Waals surface area contributed by atoms with Crippen molar-refractivity contribution in [2.45, 2.75) is 0 Å². The molecular weight excluding hydrogens is 375 g/mol. The number of pyridine rings is 3. The average molecular weight is 392 g/mol. The number of carbonyl (C=O) groups is 1. The average Bonchev–Trinajstić information content (AvgIpc) is 3.13. The molecule has 146 valence electrons. The van der Waals surface area contributed by atoms with E-state index in [0.717, 1.165) is 17.3 Å². The maximum Gasteiger partial charge on any atom is 0.320 e. The lowest BCUT2D eigenvalue weighted by molar-refractivity contribution is 0.247. The zero-order valence-corrected chi connectivity index (χ0v) is 15.2. The highest BCUT2D eigenvalue weighted by Gasteiger charge is 2.08. The predicted molar refractivity (Wildman–Crippen MR) is 105 cm³/mol. The fourth-order valence-corrected chi connectivity index (χ4v) is 2.73. The molecule has 4 aromatic rings. The Morgan fingerprint density at radius 2 is 2.03 bits per heavy atom. The molecule has 2 N–H and O–H groups in total. The van der Waals surface area contributed by atoms with Crippen LogP contribution in [0.3, 0.4) is 0 Å². The van der Waals surface area contributed by atoms with Gasteiger partial charge in [0.05, 0.1) is 24.5 Å². The molecule has 8 nitrogen and oxygen atoms in total. The Bertz CT molecular complexity index is 1130. The van der Waals surface area contributed by atoms with E-state index >= 15 is 0 Å². The number of nitrogens with one attached hydrogen (secondary N) is 2. The van der Waals surface area contributed by atoms with Crippen molar-refractivity contribution in [3.8, 4) is 16.9 Å². The van der Waals surface area contributed by atoms with E-state index in [4.69, 9.17) is 4.74 Å². The summed E-state index contributed by atoms with van der Waals surface area (Å²) in [5, 5.41) is 9.67. The summed E-state index contributed by atoms with van der Waals surface area (Å²) in [6.45, 7) is 0.639. The molecule has 0 atom stereocenters. The van der Waals surface area contributed by atoms with Crippen LogP contribution in [0.25, 0.3) is 16.6 Å². The van der Waals surface area contributed by atoms with Crippen LogP contribution in [-0.4, -0.2) is 38.8 Å². The Balaban J connectivity index is 1.35. The number of hydrogen-bond donors (Lipinski definition) is 2. The molecule has 0 aliphatic rings. The summed E-state index contributed by atoms with van der Waals surface area (Å²) in [4.78, 5) is 19.8. The Morgan fingerprint density at radius 1 is 1.10 bits per heavy atom. The van der Waals surface area contributed by atoms with Gasteiger partial charge < -0.3 is 10.1 Å². The molecular formula is C20H17FN6O2. The number of ether oxygens (including phenoxy) is 1. The second-order valence-electron chi connectivity index (χ2n) is 6.12. The highest BCUT2D eigenvalue weighted by molar-refractivity contribution is 5.89. The van der Waals surface area contributed by atoms with Gasteiger partial charge in [0.2, 0.25) is 0 Å². The first-order valence-electron chi connectivity index (χ1n) is 8.85. The van der Waals surface area contributed by atoms with Crippen LogP contribution in [0.15, 0.2) is 67.4 Å². The van der Waals surface area contributed by atoms with E-state index in [9.17, 15) is 9.18 Å². The molecule has 0 bridgehead atoms. The van der Waals surface area contributed by atoms with Crippen molar-refractivity contribution in [1.29, 1.82) is 0 Å². The third kappa shape index (κ3) is 4.64. The van der Waals surface area contributed by atoms with Crippen molar-refractivity contribution in [2.75, 3.05) is 18.5 Å². The van der Waals surface area contributed by atoms with E-state index in [0.29, 0.717) is 30.3 Å². The second-order valence-corrected chi connectivity index (χ2v) is 6.12. The molecule has 0 unspecified atom stereocenters. The number of carbonyl (C=O) groups excluding carboxylic acids is 1. The fraction of sp³-hybridized carbons (Fsp3) is 0.100. The highest BCUT2D eigenvalue weighted by Crippen LogP contribution is 2.22. The van der Waals surface area contributed by atoms with Gasteiger partial charge in [0, 0.05) is 30.2 Å². The zero-order valence-electron chi connectivity index (χ0n) is 15.2. The third-order valence-corrected chi connectivity index (χ3v) is 4.03. The minimum atomic E-state index is -0.401. The minimum Gasteiger partial charge on any atom is -0.490 e. The quantitative estimate of drug-likeness (QED) is 0.492. The van der Waals surface area contributed by atoms with Crippen molar-refractivity contribution < 1.29 is 13.9 Å². The van der Waals surface area contributed by atoms with Gasteiger partial charge in [-0.1, -0.05) is 0 Å². The van der Waals surface area contributed by atoms with E-state index < -0.39 is 11.8 Å². The topological polar surface area (TPSA) is 93.4 Å². The van der Waals surface area contributed by atoms with E-state index in [2.05, 4.69) is 25.7 Å². The lowest BCUT2D eigenvalue weighted by Gasteiger charge is -2.07. The number of urea groups is 1. The molecule has 2 amide bonds. The molecule has 0 saturated carbocycles. The Labute approximate surface area is 165 Å². The standard InChI is InChI=1S/C20H17FN6O2/c21-16-8-15(11-23-12-16)14-3-6-27-17(9-14)10-19(26-27)25-20(28)24-5-7-29-18-2-1-4-22-13-18/h1-4,6,8-13H,5,7H2,(H2,24,25,26,28). The molecule has 0 aromatic carbocycles. The van der Waals surface area contributed by atoms with Gasteiger partial charge in [-0.25, -0.2) is 13.7 Å². The normalized spacial score (nSPS) is 10.7. The highest BCUT2D eigenvalue weighted by atomic mass is 19.1. The molecule has 0 spiro atoms. The van der Waals surface area contributed by atoms with Crippen LogP contribution >= 0.6 is 0 Å². The van der Waals surface area contributed by atoms with Crippen LogP contribution in [0, 0.1) is 5.82 Å². The minimum absolute atomic E-state index is 0.315. The van der Waals surface area contributed by atoms with Crippen molar-refractivity contribution in [1.82, 2.24) is 24.9 Å². The maximum atomic E-state index is 13.4. The second kappa shape index (κ2) is 8.34. The molecule has 29 heavy (non-hydrogen) atoms. The summed E-state index contributed by atoms with van der Waals surface area (Å²) in [6, 6.07) is 9.95.